The molecular formula is C19H27NO3S. The van der Waals surface area contributed by atoms with Crippen LogP contribution in [0.25, 0.3) is 0 Å². The number of thiophene rings is 1. The fraction of sp³-hybridized carbons (Fsp3) is 0.579. The van der Waals surface area contributed by atoms with Gasteiger partial charge in [0, 0.05) is 24.2 Å². The highest BCUT2D eigenvalue weighted by molar-refractivity contribution is 7.12. The molecule has 0 aromatic carbocycles. The van der Waals surface area contributed by atoms with Crippen molar-refractivity contribution in [1.29, 1.82) is 0 Å². The summed E-state index contributed by atoms with van der Waals surface area (Å²) in [6.45, 7) is 14.3. The molecule has 1 aliphatic carbocycles. The fourth-order valence-corrected chi connectivity index (χ4v) is 4.30. The Kier molecular flexibility index (Phi) is 5.23. The molecule has 1 saturated heterocycles. The van der Waals surface area contributed by atoms with Gasteiger partial charge in [-0.3, -0.25) is 9.69 Å². The average Bonchev–Trinajstić information content (AvgIpc) is 3.01. The number of amides is 1. The van der Waals surface area contributed by atoms with Crippen molar-refractivity contribution in [1.82, 2.24) is 4.90 Å². The summed E-state index contributed by atoms with van der Waals surface area (Å²) in [5.74, 6) is 0.396. The van der Waals surface area contributed by atoms with Crippen LogP contribution in [-0.2, 0) is 4.74 Å². The van der Waals surface area contributed by atoms with E-state index < -0.39 is 5.60 Å². The Balaban J connectivity index is 0.00000100. The van der Waals surface area contributed by atoms with Crippen LogP contribution in [0.5, 0.6) is 0 Å². The van der Waals surface area contributed by atoms with Gasteiger partial charge in [-0.25, -0.2) is 4.79 Å². The quantitative estimate of drug-likeness (QED) is 0.652. The SMILES string of the molecule is CC.Cc1csc2c1C1C(=CC2=O)N(C(=O)OC(C)(C)C)C[C@H]1C. The number of aryl methyl sites for hydroxylation is 1. The lowest BCUT2D eigenvalue weighted by Crippen LogP contribution is -2.35. The van der Waals surface area contributed by atoms with Crippen LogP contribution in [0.4, 0.5) is 4.79 Å². The standard InChI is InChI=1S/C17H21NO3S.C2H6/c1-9-7-18(16(20)21-17(3,4)5)11-6-12(19)15-14(13(9)11)10(2)8-22-15;1-2/h6,8-9,13H,7H2,1-5H3;1-2H3/t9-,13?;/m1./s1. The van der Waals surface area contributed by atoms with E-state index in [0.717, 1.165) is 21.7 Å². The Hall–Kier alpha value is -1.62. The predicted octanol–water partition coefficient (Wildman–Crippen LogP) is 5.13. The number of carbonyl (C=O) groups excluding carboxylic acids is 2. The third-order valence-electron chi connectivity index (χ3n) is 4.12. The number of nitrogens with zero attached hydrogens (tertiary/aromatic N) is 1. The van der Waals surface area contributed by atoms with Crippen molar-refractivity contribution in [3.05, 3.63) is 33.2 Å². The second kappa shape index (κ2) is 6.71. The summed E-state index contributed by atoms with van der Waals surface area (Å²) in [4.78, 5) is 27.3. The molecule has 2 aliphatic rings. The predicted molar refractivity (Wildman–Crippen MR) is 97.7 cm³/mol. The maximum Gasteiger partial charge on any atom is 0.414 e. The summed E-state index contributed by atoms with van der Waals surface area (Å²) in [6, 6.07) is 0. The first-order chi connectivity index (χ1) is 11.2. The van der Waals surface area contributed by atoms with Gasteiger partial charge in [0.15, 0.2) is 5.78 Å². The van der Waals surface area contributed by atoms with Gasteiger partial charge >= 0.3 is 6.09 Å². The van der Waals surface area contributed by atoms with Crippen LogP contribution in [0.3, 0.4) is 0 Å². The topological polar surface area (TPSA) is 46.6 Å². The van der Waals surface area contributed by atoms with Crippen LogP contribution in [0.15, 0.2) is 17.2 Å². The minimum absolute atomic E-state index is 0.00186. The summed E-state index contributed by atoms with van der Waals surface area (Å²) in [7, 11) is 0. The van der Waals surface area contributed by atoms with E-state index in [4.69, 9.17) is 4.74 Å². The molecule has 3 rings (SSSR count). The van der Waals surface area contributed by atoms with Gasteiger partial charge in [0.1, 0.15) is 5.60 Å². The molecule has 4 nitrogen and oxygen atoms in total. The molecule has 5 heteroatoms. The van der Waals surface area contributed by atoms with E-state index in [0.29, 0.717) is 6.54 Å². The molecule has 2 atom stereocenters. The van der Waals surface area contributed by atoms with Crippen molar-refractivity contribution >= 4 is 23.2 Å². The van der Waals surface area contributed by atoms with E-state index >= 15 is 0 Å². The molecule has 132 valence electrons. The molecule has 2 heterocycles. The van der Waals surface area contributed by atoms with Crippen LogP contribution < -0.4 is 0 Å². The first-order valence-electron chi connectivity index (χ1n) is 8.53. The van der Waals surface area contributed by atoms with Crippen LogP contribution >= 0.6 is 11.3 Å². The van der Waals surface area contributed by atoms with Crippen LogP contribution in [-0.4, -0.2) is 28.9 Å². The second-order valence-electron chi connectivity index (χ2n) is 7.14. The van der Waals surface area contributed by atoms with Crippen molar-refractivity contribution in [2.45, 2.75) is 60.0 Å². The second-order valence-corrected chi connectivity index (χ2v) is 8.02. The van der Waals surface area contributed by atoms with Crippen LogP contribution in [0.2, 0.25) is 0 Å². The first kappa shape index (κ1) is 18.7. The zero-order valence-corrected chi connectivity index (χ0v) is 16.4. The van der Waals surface area contributed by atoms with E-state index in [1.807, 2.05) is 46.9 Å². The van der Waals surface area contributed by atoms with Crippen molar-refractivity contribution < 1.29 is 14.3 Å². The minimum Gasteiger partial charge on any atom is -0.443 e. The third-order valence-corrected chi connectivity index (χ3v) is 5.25. The van der Waals surface area contributed by atoms with Gasteiger partial charge in [-0.2, -0.15) is 0 Å². The Bertz CT molecular complexity index is 681. The maximum absolute atomic E-state index is 12.5. The molecule has 1 aliphatic heterocycles. The van der Waals surface area contributed by atoms with Gasteiger partial charge in [-0.15, -0.1) is 11.3 Å². The Morgan fingerprint density at radius 1 is 1.33 bits per heavy atom. The fourth-order valence-electron chi connectivity index (χ4n) is 3.29. The van der Waals surface area contributed by atoms with Crippen molar-refractivity contribution in [2.24, 2.45) is 5.92 Å². The average molecular weight is 349 g/mol. The van der Waals surface area contributed by atoms with Gasteiger partial charge in [0.2, 0.25) is 0 Å². The zero-order valence-electron chi connectivity index (χ0n) is 15.6. The van der Waals surface area contributed by atoms with Gasteiger partial charge < -0.3 is 4.74 Å². The summed E-state index contributed by atoms with van der Waals surface area (Å²) < 4.78 is 5.49. The van der Waals surface area contributed by atoms with Crippen LogP contribution in [0.1, 0.15) is 68.3 Å². The molecule has 1 amide bonds. The molecule has 0 N–H and O–H groups in total. The number of carbonyl (C=O) groups is 2. The first-order valence-corrected chi connectivity index (χ1v) is 9.41. The lowest BCUT2D eigenvalue weighted by atomic mass is 9.82. The molecule has 0 radical (unpaired) electrons. The lowest BCUT2D eigenvalue weighted by Gasteiger charge is -2.27. The Morgan fingerprint density at radius 2 is 1.96 bits per heavy atom. The van der Waals surface area contributed by atoms with Gasteiger partial charge in [-0.1, -0.05) is 20.8 Å². The largest absolute Gasteiger partial charge is 0.443 e. The lowest BCUT2D eigenvalue weighted by molar-refractivity contribution is 0.0331. The van der Waals surface area contributed by atoms with Crippen molar-refractivity contribution in [3.63, 3.8) is 0 Å². The summed E-state index contributed by atoms with van der Waals surface area (Å²) in [6.07, 6.45) is 1.26. The van der Waals surface area contributed by atoms with E-state index in [9.17, 15) is 9.59 Å². The van der Waals surface area contributed by atoms with E-state index in [1.54, 1.807) is 11.0 Å². The molecule has 0 saturated carbocycles. The summed E-state index contributed by atoms with van der Waals surface area (Å²) in [5.41, 5.74) is 2.50. The molecular weight excluding hydrogens is 322 g/mol. The normalized spacial score (nSPS) is 22.2. The van der Waals surface area contributed by atoms with Gasteiger partial charge in [0.25, 0.3) is 0 Å². The number of ether oxygens (including phenoxy) is 1. The van der Waals surface area contributed by atoms with E-state index in [2.05, 4.69) is 6.92 Å². The monoisotopic (exact) mass is 349 g/mol. The van der Waals surface area contributed by atoms with Crippen molar-refractivity contribution in [2.75, 3.05) is 6.54 Å². The van der Waals surface area contributed by atoms with E-state index in [1.165, 1.54) is 11.3 Å². The highest BCUT2D eigenvalue weighted by Gasteiger charge is 2.44. The highest BCUT2D eigenvalue weighted by Crippen LogP contribution is 2.48. The van der Waals surface area contributed by atoms with Gasteiger partial charge in [-0.05, 0) is 50.1 Å². The molecule has 1 unspecified atom stereocenters. The molecule has 1 aromatic heterocycles. The molecule has 24 heavy (non-hydrogen) atoms. The number of likely N-dealkylation sites (tertiary alicyclic amines) is 1. The maximum atomic E-state index is 12.5. The van der Waals surface area contributed by atoms with Crippen LogP contribution in [0, 0.1) is 12.8 Å². The number of fused-ring (bicyclic) bond motifs is 3. The third kappa shape index (κ3) is 3.27. The number of rotatable bonds is 0. The Labute approximate surface area is 148 Å². The van der Waals surface area contributed by atoms with E-state index in [-0.39, 0.29) is 23.7 Å². The van der Waals surface area contributed by atoms with Crippen molar-refractivity contribution in [3.8, 4) is 0 Å². The number of hydrogen-bond acceptors (Lipinski definition) is 4. The van der Waals surface area contributed by atoms with Gasteiger partial charge in [0.05, 0.1) is 4.88 Å². The molecule has 0 bridgehead atoms. The molecule has 0 spiro atoms. The molecule has 1 aromatic rings. The summed E-state index contributed by atoms with van der Waals surface area (Å²) in [5, 5.41) is 2.03. The zero-order chi connectivity index (χ0) is 18.2. The summed E-state index contributed by atoms with van der Waals surface area (Å²) >= 11 is 1.50. The number of ketones is 1. The minimum atomic E-state index is -0.541. The Morgan fingerprint density at radius 3 is 2.54 bits per heavy atom. The number of hydrogen-bond donors (Lipinski definition) is 0. The molecule has 1 fully saturated rings. The smallest absolute Gasteiger partial charge is 0.414 e. The highest BCUT2D eigenvalue weighted by atomic mass is 32.1. The number of allylic oxidation sites excluding steroid dienone is 2.